The highest BCUT2D eigenvalue weighted by molar-refractivity contribution is 6.11. The molecule has 2 fully saturated rings. The molecular weight excluding hydrogens is 396 g/mol. The second-order valence-electron chi connectivity index (χ2n) is 8.81. The average molecular weight is 427 g/mol. The molecule has 7 heteroatoms. The zero-order valence-corrected chi connectivity index (χ0v) is 18.0. The Morgan fingerprint density at radius 2 is 1.84 bits per heavy atom. The van der Waals surface area contributed by atoms with Crippen LogP contribution in [0, 0.1) is 5.92 Å². The van der Waals surface area contributed by atoms with Crippen LogP contribution >= 0.6 is 0 Å². The highest BCUT2D eigenvalue weighted by Gasteiger charge is 2.52. The minimum absolute atomic E-state index is 0.0787. The fourth-order valence-electron chi connectivity index (χ4n) is 5.38. The first-order chi connectivity index (χ1) is 15.2. The molecule has 4 aliphatic rings. The van der Waals surface area contributed by atoms with Crippen molar-refractivity contribution in [3.8, 4) is 0 Å². The third-order valence-corrected chi connectivity index (χ3v) is 7.11. The molecule has 4 unspecified atom stereocenters. The number of ketones is 1. The molecule has 0 aromatic heterocycles. The third kappa shape index (κ3) is 3.79. The van der Waals surface area contributed by atoms with E-state index in [9.17, 15) is 9.59 Å². The normalized spacial score (nSPS) is 31.5. The van der Waals surface area contributed by atoms with Crippen LogP contribution in [0.2, 0.25) is 0 Å². The van der Waals surface area contributed by atoms with Crippen LogP contribution < -0.4 is 0 Å². The first-order valence-electron chi connectivity index (χ1n) is 11.3. The number of Topliss-reactive ketones (excluding diaryl/α,β-unsaturated/α-hetero) is 1. The van der Waals surface area contributed by atoms with Gasteiger partial charge >= 0.3 is 0 Å². The van der Waals surface area contributed by atoms with Crippen LogP contribution in [-0.2, 0) is 23.8 Å². The Kier molecular flexibility index (Phi) is 5.82. The van der Waals surface area contributed by atoms with E-state index in [1.54, 1.807) is 7.11 Å². The second kappa shape index (κ2) is 8.73. The van der Waals surface area contributed by atoms with Gasteiger partial charge in [-0.3, -0.25) is 14.5 Å². The number of morpholine rings is 1. The highest BCUT2D eigenvalue weighted by Crippen LogP contribution is 2.46. The fraction of sp³-hybridized carbons (Fsp3) is 0.583. The zero-order valence-electron chi connectivity index (χ0n) is 18.0. The topological polar surface area (TPSA) is 68.3 Å². The van der Waals surface area contributed by atoms with Crippen LogP contribution in [0.4, 0.5) is 0 Å². The largest absolute Gasteiger partial charge is 0.483 e. The van der Waals surface area contributed by atoms with Crippen molar-refractivity contribution < 1.29 is 23.8 Å². The molecule has 1 aromatic carbocycles. The van der Waals surface area contributed by atoms with E-state index in [2.05, 4.69) is 4.90 Å². The van der Waals surface area contributed by atoms with E-state index in [4.69, 9.17) is 14.2 Å². The molecule has 7 nitrogen and oxygen atoms in total. The van der Waals surface area contributed by atoms with Crippen molar-refractivity contribution in [2.24, 2.45) is 5.92 Å². The van der Waals surface area contributed by atoms with Crippen molar-refractivity contribution in [2.75, 3.05) is 46.5 Å². The zero-order chi connectivity index (χ0) is 21.4. The monoisotopic (exact) mass is 426 g/mol. The molecule has 0 spiro atoms. The Labute approximate surface area is 182 Å². The Morgan fingerprint density at radius 3 is 2.58 bits per heavy atom. The molecule has 1 saturated carbocycles. The summed E-state index contributed by atoms with van der Waals surface area (Å²) in [6.07, 6.45) is 2.04. The number of nitrogens with zero attached hydrogens (tertiary/aromatic N) is 2. The van der Waals surface area contributed by atoms with Gasteiger partial charge in [0.15, 0.2) is 11.5 Å². The minimum Gasteiger partial charge on any atom is -0.483 e. The maximum absolute atomic E-state index is 13.6. The second-order valence-corrected chi connectivity index (χ2v) is 8.81. The number of methoxy groups -OCH3 is 1. The summed E-state index contributed by atoms with van der Waals surface area (Å²) in [5.74, 6) is -0.0116. The number of carbonyl (C=O) groups is 2. The van der Waals surface area contributed by atoms with E-state index in [0.29, 0.717) is 18.5 Å². The summed E-state index contributed by atoms with van der Waals surface area (Å²) < 4.78 is 17.2. The van der Waals surface area contributed by atoms with Crippen molar-refractivity contribution in [2.45, 2.75) is 37.5 Å². The van der Waals surface area contributed by atoms with E-state index >= 15 is 0 Å². The number of hydrogen-bond donors (Lipinski definition) is 0. The van der Waals surface area contributed by atoms with Crippen LogP contribution in [0.25, 0.3) is 0 Å². The van der Waals surface area contributed by atoms with Gasteiger partial charge in [0.2, 0.25) is 0 Å². The van der Waals surface area contributed by atoms with Gasteiger partial charge in [-0.05, 0) is 18.4 Å². The van der Waals surface area contributed by atoms with E-state index < -0.39 is 0 Å². The molecule has 0 radical (unpaired) electrons. The number of rotatable bonds is 5. The van der Waals surface area contributed by atoms with Gasteiger partial charge in [0.25, 0.3) is 5.91 Å². The van der Waals surface area contributed by atoms with Crippen LogP contribution in [-0.4, -0.2) is 80.2 Å². The molecule has 166 valence electrons. The van der Waals surface area contributed by atoms with Crippen molar-refractivity contribution in [1.29, 1.82) is 0 Å². The van der Waals surface area contributed by atoms with Gasteiger partial charge in [-0.1, -0.05) is 30.3 Å². The van der Waals surface area contributed by atoms with Gasteiger partial charge in [0.05, 0.1) is 36.9 Å². The Balaban J connectivity index is 1.44. The predicted octanol–water partition coefficient (Wildman–Crippen LogP) is 1.94. The summed E-state index contributed by atoms with van der Waals surface area (Å²) >= 11 is 0. The maximum atomic E-state index is 13.6. The Morgan fingerprint density at radius 1 is 1.06 bits per heavy atom. The molecule has 1 aliphatic carbocycles. The minimum atomic E-state index is -0.377. The van der Waals surface area contributed by atoms with Crippen LogP contribution in [0.3, 0.4) is 0 Å². The molecule has 3 aliphatic heterocycles. The van der Waals surface area contributed by atoms with E-state index in [0.717, 1.165) is 51.3 Å². The third-order valence-electron chi connectivity index (χ3n) is 7.11. The number of ether oxygens (including phenoxy) is 3. The van der Waals surface area contributed by atoms with Gasteiger partial charge in [0, 0.05) is 39.7 Å². The predicted molar refractivity (Wildman–Crippen MR) is 113 cm³/mol. The molecule has 1 aromatic rings. The fourth-order valence-corrected chi connectivity index (χ4v) is 5.38. The molecule has 0 N–H and O–H groups in total. The van der Waals surface area contributed by atoms with Crippen LogP contribution in [0.5, 0.6) is 0 Å². The SMILES string of the molecule is COC1CCC2C(=O)C3=C(OC2C1)C(=O)N(CCN1CCOCC1)C3c1ccccc1. The van der Waals surface area contributed by atoms with E-state index in [1.807, 2.05) is 35.2 Å². The molecule has 0 bridgehead atoms. The first kappa shape index (κ1) is 20.7. The number of carbonyl (C=O) groups excluding carboxylic acids is 2. The molecule has 1 saturated heterocycles. The van der Waals surface area contributed by atoms with Crippen molar-refractivity contribution in [3.63, 3.8) is 0 Å². The van der Waals surface area contributed by atoms with Crippen molar-refractivity contribution >= 4 is 11.7 Å². The lowest BCUT2D eigenvalue weighted by molar-refractivity contribution is -0.138. The molecular formula is C24H30N2O5. The average Bonchev–Trinajstić information content (AvgIpc) is 3.10. The number of benzene rings is 1. The quantitative estimate of drug-likeness (QED) is 0.717. The van der Waals surface area contributed by atoms with Crippen LogP contribution in [0.1, 0.15) is 30.9 Å². The Hall–Kier alpha value is -2.22. The molecule has 1 amide bonds. The lowest BCUT2D eigenvalue weighted by Gasteiger charge is -2.38. The maximum Gasteiger partial charge on any atom is 0.290 e. The number of fused-ring (bicyclic) bond motifs is 1. The van der Waals surface area contributed by atoms with Gasteiger partial charge in [-0.15, -0.1) is 0 Å². The summed E-state index contributed by atoms with van der Waals surface area (Å²) in [6, 6.07) is 9.49. The summed E-state index contributed by atoms with van der Waals surface area (Å²) in [6.45, 7) is 4.48. The molecule has 5 rings (SSSR count). The van der Waals surface area contributed by atoms with Crippen molar-refractivity contribution in [1.82, 2.24) is 9.80 Å². The first-order valence-corrected chi connectivity index (χ1v) is 11.3. The van der Waals surface area contributed by atoms with Crippen molar-refractivity contribution in [3.05, 3.63) is 47.2 Å². The highest BCUT2D eigenvalue weighted by atomic mass is 16.5. The van der Waals surface area contributed by atoms with Crippen LogP contribution in [0.15, 0.2) is 41.7 Å². The lowest BCUT2D eigenvalue weighted by atomic mass is 9.76. The standard InChI is InChI=1S/C24H30N2O5/c1-29-17-7-8-18-19(15-17)31-23-20(22(18)27)21(16-5-3-2-4-6-16)26(24(23)28)10-9-25-11-13-30-14-12-25/h2-6,17-19,21H,7-15H2,1H3. The Bertz CT molecular complexity index is 864. The smallest absolute Gasteiger partial charge is 0.290 e. The van der Waals surface area contributed by atoms with E-state index in [1.165, 1.54) is 0 Å². The van der Waals surface area contributed by atoms with Gasteiger partial charge in [-0.2, -0.15) is 0 Å². The van der Waals surface area contributed by atoms with E-state index in [-0.39, 0.29) is 41.6 Å². The summed E-state index contributed by atoms with van der Waals surface area (Å²) in [4.78, 5) is 31.3. The number of hydrogen-bond acceptors (Lipinski definition) is 6. The van der Waals surface area contributed by atoms with Gasteiger partial charge in [0.1, 0.15) is 6.10 Å². The summed E-state index contributed by atoms with van der Waals surface area (Å²) in [7, 11) is 1.69. The lowest BCUT2D eigenvalue weighted by Crippen LogP contribution is -2.43. The molecule has 4 atom stereocenters. The van der Waals surface area contributed by atoms with Gasteiger partial charge in [-0.25, -0.2) is 0 Å². The number of amides is 1. The molecule has 3 heterocycles. The summed E-state index contributed by atoms with van der Waals surface area (Å²) in [5.41, 5.74) is 1.51. The van der Waals surface area contributed by atoms with Gasteiger partial charge < -0.3 is 19.1 Å². The summed E-state index contributed by atoms with van der Waals surface area (Å²) in [5, 5.41) is 0. The molecule has 31 heavy (non-hydrogen) atoms.